The molecule has 0 spiro atoms. The van der Waals surface area contributed by atoms with Crippen LogP contribution in [0.3, 0.4) is 0 Å². The maximum Gasteiger partial charge on any atom is 0.228 e. The molecule has 160 valence electrons. The fourth-order valence-electron chi connectivity index (χ4n) is 4.44. The van der Waals surface area contributed by atoms with E-state index in [4.69, 9.17) is 4.74 Å². The van der Waals surface area contributed by atoms with Crippen LogP contribution in [0.15, 0.2) is 78.9 Å². The predicted octanol–water partition coefficient (Wildman–Crippen LogP) is 5.25. The van der Waals surface area contributed by atoms with Crippen molar-refractivity contribution in [2.24, 2.45) is 5.92 Å². The van der Waals surface area contributed by atoms with E-state index in [1.807, 2.05) is 30.3 Å². The third-order valence-corrected chi connectivity index (χ3v) is 6.02. The van der Waals surface area contributed by atoms with E-state index in [1.165, 1.54) is 16.7 Å². The topological polar surface area (TPSA) is 41.6 Å². The van der Waals surface area contributed by atoms with Crippen LogP contribution in [-0.2, 0) is 11.3 Å². The van der Waals surface area contributed by atoms with Crippen LogP contribution in [0.4, 0.5) is 5.69 Å². The minimum atomic E-state index is -0.0647. The van der Waals surface area contributed by atoms with E-state index in [-0.39, 0.29) is 11.8 Å². The number of likely N-dealkylation sites (tertiary alicyclic amines) is 1. The van der Waals surface area contributed by atoms with Crippen LogP contribution in [0, 0.1) is 12.8 Å². The Hall–Kier alpha value is -3.11. The molecule has 4 rings (SSSR count). The lowest BCUT2D eigenvalue weighted by molar-refractivity contribution is -0.121. The molecular weight excluding hydrogens is 384 g/mol. The molecule has 1 saturated heterocycles. The molecule has 4 heteroatoms. The van der Waals surface area contributed by atoms with Crippen molar-refractivity contribution in [3.8, 4) is 5.75 Å². The Morgan fingerprint density at radius 1 is 1.00 bits per heavy atom. The number of amides is 1. The van der Waals surface area contributed by atoms with Gasteiger partial charge in [0, 0.05) is 25.3 Å². The SMILES string of the molecule is COc1ccc(NC(=O)[C@H]2C[C@@H](c3cccc(C)c3)CN(Cc3ccccc3)C2)cc1. The van der Waals surface area contributed by atoms with Crippen LogP contribution in [0.1, 0.15) is 29.0 Å². The number of nitrogens with zero attached hydrogens (tertiary/aromatic N) is 1. The first-order valence-corrected chi connectivity index (χ1v) is 10.9. The van der Waals surface area contributed by atoms with E-state index >= 15 is 0 Å². The molecule has 4 nitrogen and oxygen atoms in total. The number of nitrogens with one attached hydrogen (secondary N) is 1. The van der Waals surface area contributed by atoms with E-state index < -0.39 is 0 Å². The molecule has 1 fully saturated rings. The van der Waals surface area contributed by atoms with Gasteiger partial charge in [-0.3, -0.25) is 9.69 Å². The summed E-state index contributed by atoms with van der Waals surface area (Å²) in [4.78, 5) is 15.6. The summed E-state index contributed by atoms with van der Waals surface area (Å²) >= 11 is 0. The fourth-order valence-corrected chi connectivity index (χ4v) is 4.44. The van der Waals surface area contributed by atoms with Crippen molar-refractivity contribution in [1.82, 2.24) is 4.90 Å². The number of hydrogen-bond acceptors (Lipinski definition) is 3. The molecule has 2 atom stereocenters. The number of methoxy groups -OCH3 is 1. The number of carbonyl (C=O) groups is 1. The predicted molar refractivity (Wildman–Crippen MR) is 125 cm³/mol. The highest BCUT2D eigenvalue weighted by atomic mass is 16.5. The number of carbonyl (C=O) groups excluding carboxylic acids is 1. The summed E-state index contributed by atoms with van der Waals surface area (Å²) in [5.74, 6) is 1.14. The molecule has 3 aromatic rings. The molecule has 0 aliphatic carbocycles. The molecule has 1 N–H and O–H groups in total. The third kappa shape index (κ3) is 5.53. The van der Waals surface area contributed by atoms with Crippen molar-refractivity contribution in [2.45, 2.75) is 25.8 Å². The monoisotopic (exact) mass is 414 g/mol. The number of ether oxygens (including phenoxy) is 1. The molecule has 1 aliphatic heterocycles. The van der Waals surface area contributed by atoms with Crippen LogP contribution >= 0.6 is 0 Å². The molecule has 1 aliphatic rings. The minimum absolute atomic E-state index is 0.0647. The van der Waals surface area contributed by atoms with E-state index in [0.717, 1.165) is 37.5 Å². The maximum absolute atomic E-state index is 13.2. The molecule has 1 amide bonds. The quantitative estimate of drug-likeness (QED) is 0.599. The average molecular weight is 415 g/mol. The molecule has 0 unspecified atom stereocenters. The third-order valence-electron chi connectivity index (χ3n) is 6.02. The molecule has 1 heterocycles. The highest BCUT2D eigenvalue weighted by Crippen LogP contribution is 2.32. The molecule has 0 saturated carbocycles. The van der Waals surface area contributed by atoms with Crippen molar-refractivity contribution in [1.29, 1.82) is 0 Å². The largest absolute Gasteiger partial charge is 0.497 e. The Balaban J connectivity index is 1.52. The minimum Gasteiger partial charge on any atom is -0.497 e. The van der Waals surface area contributed by atoms with Gasteiger partial charge in [-0.25, -0.2) is 0 Å². The average Bonchev–Trinajstić information content (AvgIpc) is 2.80. The number of hydrogen-bond donors (Lipinski definition) is 1. The Morgan fingerprint density at radius 2 is 1.77 bits per heavy atom. The summed E-state index contributed by atoms with van der Waals surface area (Å²) in [6.45, 7) is 4.71. The van der Waals surface area contributed by atoms with Crippen molar-refractivity contribution in [3.63, 3.8) is 0 Å². The second-order valence-electron chi connectivity index (χ2n) is 8.44. The second-order valence-corrected chi connectivity index (χ2v) is 8.44. The zero-order chi connectivity index (χ0) is 21.6. The Bertz CT molecular complexity index is 1000. The summed E-state index contributed by atoms with van der Waals surface area (Å²) in [5, 5.41) is 3.11. The first-order valence-electron chi connectivity index (χ1n) is 10.9. The Labute approximate surface area is 184 Å². The van der Waals surface area contributed by atoms with E-state index in [9.17, 15) is 4.79 Å². The summed E-state index contributed by atoms with van der Waals surface area (Å²) < 4.78 is 5.21. The van der Waals surface area contributed by atoms with Gasteiger partial charge < -0.3 is 10.1 Å². The normalized spacial score (nSPS) is 19.0. The van der Waals surface area contributed by atoms with Crippen LogP contribution < -0.4 is 10.1 Å². The summed E-state index contributed by atoms with van der Waals surface area (Å²) in [6.07, 6.45) is 0.858. The van der Waals surface area contributed by atoms with Gasteiger partial charge >= 0.3 is 0 Å². The number of anilines is 1. The smallest absolute Gasteiger partial charge is 0.228 e. The molecular formula is C27H30N2O2. The van der Waals surface area contributed by atoms with Crippen LogP contribution in [0.25, 0.3) is 0 Å². The number of piperidine rings is 1. The van der Waals surface area contributed by atoms with Crippen molar-refractivity contribution in [3.05, 3.63) is 95.6 Å². The standard InChI is InChI=1S/C27H30N2O2/c1-20-7-6-10-22(15-20)23-16-24(19-29(18-23)17-21-8-4-3-5-9-21)27(30)28-25-11-13-26(31-2)14-12-25/h3-15,23-24H,16-19H2,1-2H3,(H,28,30)/t23-,24+/m1/s1. The van der Waals surface area contributed by atoms with E-state index in [1.54, 1.807) is 7.11 Å². The fraction of sp³-hybridized carbons (Fsp3) is 0.296. The van der Waals surface area contributed by atoms with Crippen molar-refractivity contribution in [2.75, 3.05) is 25.5 Å². The summed E-state index contributed by atoms with van der Waals surface area (Å²) in [5.41, 5.74) is 4.66. The Kier molecular flexibility index (Phi) is 6.68. The van der Waals surface area contributed by atoms with Crippen molar-refractivity contribution >= 4 is 11.6 Å². The zero-order valence-corrected chi connectivity index (χ0v) is 18.3. The van der Waals surface area contributed by atoms with Gasteiger partial charge in [-0.05, 0) is 54.7 Å². The van der Waals surface area contributed by atoms with Crippen LogP contribution in [0.5, 0.6) is 5.75 Å². The van der Waals surface area contributed by atoms with Gasteiger partial charge in [0.15, 0.2) is 0 Å². The van der Waals surface area contributed by atoms with Crippen molar-refractivity contribution < 1.29 is 9.53 Å². The highest BCUT2D eigenvalue weighted by molar-refractivity contribution is 5.92. The zero-order valence-electron chi connectivity index (χ0n) is 18.3. The summed E-state index contributed by atoms with van der Waals surface area (Å²) in [6, 6.07) is 26.7. The lowest BCUT2D eigenvalue weighted by Gasteiger charge is -2.37. The molecule has 31 heavy (non-hydrogen) atoms. The van der Waals surface area contributed by atoms with Crippen LogP contribution in [-0.4, -0.2) is 31.0 Å². The number of aryl methyl sites for hydroxylation is 1. The lowest BCUT2D eigenvalue weighted by atomic mass is 9.83. The molecule has 0 radical (unpaired) electrons. The van der Waals surface area contributed by atoms with Gasteiger partial charge in [-0.2, -0.15) is 0 Å². The molecule has 3 aromatic carbocycles. The first-order chi connectivity index (χ1) is 15.1. The molecule has 0 aromatic heterocycles. The van der Waals surface area contributed by atoms with Crippen LogP contribution in [0.2, 0.25) is 0 Å². The van der Waals surface area contributed by atoms with Gasteiger partial charge in [-0.15, -0.1) is 0 Å². The van der Waals surface area contributed by atoms with Gasteiger partial charge in [-0.1, -0.05) is 60.2 Å². The summed E-state index contributed by atoms with van der Waals surface area (Å²) in [7, 11) is 1.64. The van der Waals surface area contributed by atoms with Gasteiger partial charge in [0.05, 0.1) is 13.0 Å². The second kappa shape index (κ2) is 9.80. The van der Waals surface area contributed by atoms with Gasteiger partial charge in [0.2, 0.25) is 5.91 Å². The number of rotatable bonds is 6. The molecule has 0 bridgehead atoms. The Morgan fingerprint density at radius 3 is 2.48 bits per heavy atom. The first kappa shape index (κ1) is 21.1. The number of benzene rings is 3. The van der Waals surface area contributed by atoms with Gasteiger partial charge in [0.1, 0.15) is 5.75 Å². The van der Waals surface area contributed by atoms with Gasteiger partial charge in [0.25, 0.3) is 0 Å². The highest BCUT2D eigenvalue weighted by Gasteiger charge is 2.32. The van der Waals surface area contributed by atoms with E-state index in [2.05, 4.69) is 65.7 Å². The maximum atomic E-state index is 13.2. The lowest BCUT2D eigenvalue weighted by Crippen LogP contribution is -2.43. The van der Waals surface area contributed by atoms with E-state index in [0.29, 0.717) is 5.92 Å².